The van der Waals surface area contributed by atoms with E-state index in [9.17, 15) is 9.59 Å². The predicted octanol–water partition coefficient (Wildman–Crippen LogP) is 5.75. The van der Waals surface area contributed by atoms with E-state index >= 15 is 0 Å². The summed E-state index contributed by atoms with van der Waals surface area (Å²) in [6, 6.07) is 20.0. The van der Waals surface area contributed by atoms with Crippen LogP contribution in [0.15, 0.2) is 84.1 Å². The Kier molecular flexibility index (Phi) is 8.51. The van der Waals surface area contributed by atoms with Gasteiger partial charge in [-0.15, -0.1) is 0 Å². The summed E-state index contributed by atoms with van der Waals surface area (Å²) in [4.78, 5) is 29.5. The highest BCUT2D eigenvalue weighted by Crippen LogP contribution is 2.41. The maximum Gasteiger partial charge on any atom is 0.271 e. The van der Waals surface area contributed by atoms with Crippen molar-refractivity contribution in [2.75, 3.05) is 33.2 Å². The fourth-order valence-corrected chi connectivity index (χ4v) is 4.44. The van der Waals surface area contributed by atoms with Gasteiger partial charge in [-0.3, -0.25) is 9.59 Å². The molecule has 37 heavy (non-hydrogen) atoms. The third kappa shape index (κ3) is 5.81. The van der Waals surface area contributed by atoms with E-state index in [1.807, 2.05) is 0 Å². The van der Waals surface area contributed by atoms with Crippen molar-refractivity contribution in [1.29, 1.82) is 0 Å². The van der Waals surface area contributed by atoms with Gasteiger partial charge in [-0.1, -0.05) is 35.3 Å². The molecule has 1 heterocycles. The SMILES string of the molecule is COc1ccc(C(=O)C2=C(Nc3ccc(Cl)cc3)C(=O)N(CC(OC)OC)[C@@H]2c2ccc(Cl)cc2)cc1. The van der Waals surface area contributed by atoms with E-state index in [1.165, 1.54) is 14.2 Å². The number of anilines is 1. The molecule has 0 unspecified atom stereocenters. The highest BCUT2D eigenvalue weighted by molar-refractivity contribution is 6.31. The van der Waals surface area contributed by atoms with Gasteiger partial charge in [0.25, 0.3) is 5.91 Å². The largest absolute Gasteiger partial charge is 0.497 e. The number of ether oxygens (including phenoxy) is 3. The first kappa shape index (κ1) is 26.7. The summed E-state index contributed by atoms with van der Waals surface area (Å²) in [5, 5.41) is 4.26. The number of ketones is 1. The van der Waals surface area contributed by atoms with E-state index in [-0.39, 0.29) is 23.9 Å². The van der Waals surface area contributed by atoms with Crippen molar-refractivity contribution in [2.45, 2.75) is 12.3 Å². The molecule has 1 N–H and O–H groups in total. The molecule has 192 valence electrons. The van der Waals surface area contributed by atoms with Crippen molar-refractivity contribution in [1.82, 2.24) is 4.90 Å². The molecule has 0 fully saturated rings. The highest BCUT2D eigenvalue weighted by atomic mass is 35.5. The number of methoxy groups -OCH3 is 3. The van der Waals surface area contributed by atoms with Crippen molar-refractivity contribution in [3.63, 3.8) is 0 Å². The molecule has 0 saturated heterocycles. The minimum absolute atomic E-state index is 0.0876. The van der Waals surface area contributed by atoms with E-state index in [2.05, 4.69) is 5.32 Å². The molecular weight excluding hydrogens is 515 g/mol. The standard InChI is InChI=1S/C28H26Cl2N2O5/c1-35-22-14-6-18(7-15-22)27(33)24-25(31-21-12-10-20(30)11-13-21)28(34)32(16-23(36-2)37-3)26(24)17-4-8-19(29)9-5-17/h4-15,23,26,31H,16H2,1-3H3/t26-/m1/s1. The molecule has 3 aromatic rings. The quantitative estimate of drug-likeness (QED) is 0.260. The zero-order valence-corrected chi connectivity index (χ0v) is 22.0. The van der Waals surface area contributed by atoms with Crippen molar-refractivity contribution < 1.29 is 23.8 Å². The van der Waals surface area contributed by atoms with E-state index < -0.39 is 12.3 Å². The van der Waals surface area contributed by atoms with Gasteiger partial charge < -0.3 is 24.4 Å². The monoisotopic (exact) mass is 540 g/mol. The maximum atomic E-state index is 14.0. The summed E-state index contributed by atoms with van der Waals surface area (Å²) in [5.74, 6) is -0.0568. The predicted molar refractivity (Wildman–Crippen MR) is 143 cm³/mol. The minimum Gasteiger partial charge on any atom is -0.497 e. The molecular formula is C28H26Cl2N2O5. The summed E-state index contributed by atoms with van der Waals surface area (Å²) in [5.41, 5.74) is 2.19. The topological polar surface area (TPSA) is 77.1 Å². The first-order valence-electron chi connectivity index (χ1n) is 11.4. The Morgan fingerprint density at radius 2 is 1.46 bits per heavy atom. The maximum absolute atomic E-state index is 14.0. The number of Topliss-reactive ketones (excluding diaryl/α,β-unsaturated/α-hetero) is 1. The first-order valence-corrected chi connectivity index (χ1v) is 12.2. The van der Waals surface area contributed by atoms with Crippen LogP contribution in [-0.2, 0) is 14.3 Å². The number of carbonyl (C=O) groups excluding carboxylic acids is 2. The van der Waals surface area contributed by atoms with Gasteiger partial charge in [-0.25, -0.2) is 0 Å². The lowest BCUT2D eigenvalue weighted by atomic mass is 9.92. The van der Waals surface area contributed by atoms with Gasteiger partial charge in [0.2, 0.25) is 0 Å². The van der Waals surface area contributed by atoms with Crippen LogP contribution in [0.1, 0.15) is 22.0 Å². The molecule has 0 saturated carbocycles. The highest BCUT2D eigenvalue weighted by Gasteiger charge is 2.44. The second-order valence-electron chi connectivity index (χ2n) is 8.29. The smallest absolute Gasteiger partial charge is 0.271 e. The molecule has 1 amide bonds. The van der Waals surface area contributed by atoms with Crippen LogP contribution in [0.3, 0.4) is 0 Å². The summed E-state index contributed by atoms with van der Waals surface area (Å²) in [6.45, 7) is 0.0876. The van der Waals surface area contributed by atoms with Crippen molar-refractivity contribution in [3.05, 3.63) is 105 Å². The number of nitrogens with one attached hydrogen (secondary N) is 1. The Morgan fingerprint density at radius 1 is 0.892 bits per heavy atom. The third-order valence-electron chi connectivity index (χ3n) is 6.10. The number of benzene rings is 3. The normalized spacial score (nSPS) is 15.5. The lowest BCUT2D eigenvalue weighted by Crippen LogP contribution is -2.39. The Hall–Kier alpha value is -3.36. The van der Waals surface area contributed by atoms with Crippen molar-refractivity contribution in [3.8, 4) is 5.75 Å². The molecule has 0 spiro atoms. The lowest BCUT2D eigenvalue weighted by Gasteiger charge is -2.29. The summed E-state index contributed by atoms with van der Waals surface area (Å²) in [7, 11) is 4.55. The van der Waals surface area contributed by atoms with Gasteiger partial charge in [0.1, 0.15) is 11.4 Å². The second kappa shape index (κ2) is 11.8. The molecule has 3 aromatic carbocycles. The molecule has 9 heteroatoms. The Morgan fingerprint density at radius 3 is 2.00 bits per heavy atom. The number of amides is 1. The van der Waals surface area contributed by atoms with Crippen LogP contribution in [0.5, 0.6) is 5.75 Å². The Balaban J connectivity index is 1.87. The first-order chi connectivity index (χ1) is 17.9. The fraction of sp³-hybridized carbons (Fsp3) is 0.214. The fourth-order valence-electron chi connectivity index (χ4n) is 4.19. The molecule has 0 aliphatic carbocycles. The van der Waals surface area contributed by atoms with Gasteiger partial charge >= 0.3 is 0 Å². The number of nitrogens with zero attached hydrogens (tertiary/aromatic N) is 1. The number of halogens is 2. The van der Waals surface area contributed by atoms with Crippen LogP contribution >= 0.6 is 23.2 Å². The van der Waals surface area contributed by atoms with Gasteiger partial charge in [0.15, 0.2) is 12.1 Å². The zero-order valence-electron chi connectivity index (χ0n) is 20.5. The molecule has 4 rings (SSSR count). The van der Waals surface area contributed by atoms with Crippen molar-refractivity contribution >= 4 is 40.6 Å². The van der Waals surface area contributed by atoms with Crippen LogP contribution in [-0.4, -0.2) is 50.8 Å². The van der Waals surface area contributed by atoms with Gasteiger partial charge in [-0.2, -0.15) is 0 Å². The van der Waals surface area contributed by atoms with E-state index in [0.29, 0.717) is 38.2 Å². The van der Waals surface area contributed by atoms with E-state index in [4.69, 9.17) is 37.4 Å². The molecule has 7 nitrogen and oxygen atoms in total. The van der Waals surface area contributed by atoms with Crippen LogP contribution < -0.4 is 10.1 Å². The molecule has 0 aromatic heterocycles. The second-order valence-corrected chi connectivity index (χ2v) is 9.16. The Labute approximate surface area is 225 Å². The molecule has 1 atom stereocenters. The van der Waals surface area contributed by atoms with Gasteiger partial charge in [0.05, 0.1) is 25.3 Å². The third-order valence-corrected chi connectivity index (χ3v) is 6.60. The van der Waals surface area contributed by atoms with E-state index in [0.717, 1.165) is 0 Å². The average molecular weight is 541 g/mol. The van der Waals surface area contributed by atoms with Crippen LogP contribution in [0.2, 0.25) is 10.0 Å². The summed E-state index contributed by atoms with van der Waals surface area (Å²) < 4.78 is 16.0. The molecule has 0 bridgehead atoms. The molecule has 1 aliphatic heterocycles. The number of rotatable bonds is 10. The number of carbonyl (C=O) groups is 2. The van der Waals surface area contributed by atoms with Gasteiger partial charge in [-0.05, 0) is 66.2 Å². The minimum atomic E-state index is -0.720. The molecule has 1 aliphatic rings. The van der Waals surface area contributed by atoms with Gasteiger partial charge in [0, 0.05) is 35.5 Å². The van der Waals surface area contributed by atoms with Crippen molar-refractivity contribution in [2.24, 2.45) is 0 Å². The number of hydrogen-bond donors (Lipinski definition) is 1. The van der Waals surface area contributed by atoms with Crippen LogP contribution in [0.4, 0.5) is 5.69 Å². The zero-order chi connectivity index (χ0) is 26.5. The molecule has 0 radical (unpaired) electrons. The van der Waals surface area contributed by atoms with E-state index in [1.54, 1.807) is 84.8 Å². The Bertz CT molecular complexity index is 1290. The summed E-state index contributed by atoms with van der Waals surface area (Å²) >= 11 is 12.2. The van der Waals surface area contributed by atoms with Crippen LogP contribution in [0.25, 0.3) is 0 Å². The van der Waals surface area contributed by atoms with Crippen LogP contribution in [0, 0.1) is 0 Å². The average Bonchev–Trinajstić information content (AvgIpc) is 3.19. The summed E-state index contributed by atoms with van der Waals surface area (Å²) in [6.07, 6.45) is -0.703. The lowest BCUT2D eigenvalue weighted by molar-refractivity contribution is -0.142. The number of hydrogen-bond acceptors (Lipinski definition) is 6.